The summed E-state index contributed by atoms with van der Waals surface area (Å²) in [4.78, 5) is 0. The molecule has 0 spiro atoms. The average molecular weight is 293 g/mol. The number of hydrogen-bond donors (Lipinski definition) is 0. The Hall–Kier alpha value is 0.828. The highest BCUT2D eigenvalue weighted by molar-refractivity contribution is 7.01. The molecule has 0 unspecified atom stereocenters. The van der Waals surface area contributed by atoms with Crippen LogP contribution in [0.15, 0.2) is 0 Å². The van der Waals surface area contributed by atoms with Crippen molar-refractivity contribution >= 4 is 33.7 Å². The van der Waals surface area contributed by atoms with Crippen LogP contribution in [0.1, 0.15) is 0 Å². The Morgan fingerprint density at radius 2 is 0.750 bits per heavy atom. The molecule has 0 rings (SSSR count). The molecule has 0 aliphatic carbocycles. The van der Waals surface area contributed by atoms with Crippen molar-refractivity contribution in [3.63, 3.8) is 0 Å². The van der Waals surface area contributed by atoms with E-state index < -0.39 is 33.7 Å². The zero-order valence-corrected chi connectivity index (χ0v) is 17.7. The Kier molecular flexibility index (Phi) is 4.73. The minimum absolute atomic E-state index is 0.674. The van der Waals surface area contributed by atoms with Crippen molar-refractivity contribution in [2.24, 2.45) is 0 Å². The molecule has 0 saturated heterocycles. The van der Waals surface area contributed by atoms with Crippen molar-refractivity contribution in [2.45, 2.75) is 72.0 Å². The Balaban J connectivity index is 6.05. The topological polar surface area (TPSA) is 0 Å². The van der Waals surface area contributed by atoms with Gasteiger partial charge in [0.25, 0.3) is 0 Å². The molecule has 0 atom stereocenters. The zero-order chi connectivity index (χ0) is 13.6. The monoisotopic (exact) mass is 292 g/mol. The lowest BCUT2D eigenvalue weighted by molar-refractivity contribution is -0.483. The van der Waals surface area contributed by atoms with E-state index in [0.717, 1.165) is 0 Å². The molecular formula is C11H34NSi4+. The van der Waals surface area contributed by atoms with Crippen molar-refractivity contribution in [2.75, 3.05) is 0 Å². The summed E-state index contributed by atoms with van der Waals surface area (Å²) in [6.07, 6.45) is 0. The van der Waals surface area contributed by atoms with Gasteiger partial charge in [0.2, 0.25) is 33.7 Å². The van der Waals surface area contributed by atoms with E-state index in [0.29, 0.717) is 0 Å². The highest BCUT2D eigenvalue weighted by Gasteiger charge is 2.58. The lowest BCUT2D eigenvalue weighted by atomic mass is 11.8. The van der Waals surface area contributed by atoms with Crippen molar-refractivity contribution in [3.8, 4) is 0 Å². The van der Waals surface area contributed by atoms with Gasteiger partial charge in [-0.05, 0) is 72.0 Å². The van der Waals surface area contributed by atoms with Crippen molar-refractivity contribution in [3.05, 3.63) is 0 Å². The van der Waals surface area contributed by atoms with Crippen LogP contribution in [0, 0.1) is 0 Å². The van der Waals surface area contributed by atoms with Crippen LogP contribution < -0.4 is 0 Å². The highest BCUT2D eigenvalue weighted by atomic mass is 28.5. The minimum atomic E-state index is -1.15. The summed E-state index contributed by atoms with van der Waals surface area (Å²) in [6, 6.07) is 0. The third-order valence-electron chi connectivity index (χ3n) is 3.95. The van der Waals surface area contributed by atoms with Gasteiger partial charge in [0.05, 0.1) is 0 Å². The van der Waals surface area contributed by atoms with Crippen LogP contribution in [0.2, 0.25) is 72.0 Å². The van der Waals surface area contributed by atoms with Crippen LogP contribution in [0.5, 0.6) is 0 Å². The summed E-state index contributed by atoms with van der Waals surface area (Å²) in [5, 5.41) is 0. The molecule has 0 saturated carbocycles. The first-order valence-electron chi connectivity index (χ1n) is 6.58. The lowest BCUT2D eigenvalue weighted by Gasteiger charge is -2.70. The highest BCUT2D eigenvalue weighted by Crippen LogP contribution is 2.39. The SMILES string of the molecule is C[SiH](C)[N+]([Si](C)(C)C)([Si](C)(C)C)[Si](C)(C)C. The van der Waals surface area contributed by atoms with E-state index in [-0.39, 0.29) is 0 Å². The molecule has 0 radical (unpaired) electrons. The largest absolute Gasteiger partial charge is 0.576 e. The molecular weight excluding hydrogens is 258 g/mol. The maximum atomic E-state index is 2.62. The number of rotatable bonds is 4. The molecule has 0 aromatic heterocycles. The molecule has 1 nitrogen and oxygen atoms in total. The molecule has 0 aliphatic rings. The van der Waals surface area contributed by atoms with Crippen LogP contribution in [0.3, 0.4) is 0 Å². The third-order valence-corrected chi connectivity index (χ3v) is 35.5. The summed E-state index contributed by atoms with van der Waals surface area (Å²) in [6.45, 7) is 28.8. The van der Waals surface area contributed by atoms with Gasteiger partial charge in [0, 0.05) is 0 Å². The standard InChI is InChI=1S/C11H34NSi4/c1-13(2)12(14(3,4)5,15(6,7)8)16(9,10)11/h13H,1-11H3/q+1. The smallest absolute Gasteiger partial charge is 0.226 e. The molecule has 0 aromatic rings. The van der Waals surface area contributed by atoms with Gasteiger partial charge in [-0.15, -0.1) is 0 Å². The molecule has 0 aromatic carbocycles. The van der Waals surface area contributed by atoms with Crippen molar-refractivity contribution in [1.29, 1.82) is 0 Å². The van der Waals surface area contributed by atoms with Crippen LogP contribution in [0.25, 0.3) is 0 Å². The first-order valence-corrected chi connectivity index (χ1v) is 19.8. The van der Waals surface area contributed by atoms with Crippen LogP contribution in [0.4, 0.5) is 0 Å². The average Bonchev–Trinajstić information content (AvgIpc) is 1.71. The van der Waals surface area contributed by atoms with Crippen LogP contribution >= 0.6 is 0 Å². The van der Waals surface area contributed by atoms with Crippen molar-refractivity contribution < 1.29 is 3.15 Å². The normalized spacial score (nSPS) is 15.8. The fraction of sp³-hybridized carbons (Fsp3) is 1.00. The Morgan fingerprint density at radius 3 is 0.750 bits per heavy atom. The zero-order valence-electron chi connectivity index (χ0n) is 13.5. The molecule has 0 N–H and O–H groups in total. The molecule has 16 heavy (non-hydrogen) atoms. The first-order chi connectivity index (χ1) is 6.69. The van der Waals surface area contributed by atoms with Gasteiger partial charge in [-0.2, -0.15) is 0 Å². The molecule has 0 bridgehead atoms. The number of nitrogens with zero attached hydrogens (tertiary/aromatic N) is 1. The summed E-state index contributed by atoms with van der Waals surface area (Å²) < 4.78 is 1.67. The van der Waals surface area contributed by atoms with E-state index in [9.17, 15) is 0 Å². The van der Waals surface area contributed by atoms with Gasteiger partial charge < -0.3 is 3.15 Å². The van der Waals surface area contributed by atoms with Crippen molar-refractivity contribution in [1.82, 2.24) is 0 Å². The second-order valence-corrected chi connectivity index (χ2v) is 29.3. The van der Waals surface area contributed by atoms with Crippen LogP contribution in [-0.4, -0.2) is 36.8 Å². The lowest BCUT2D eigenvalue weighted by Crippen LogP contribution is -2.87. The van der Waals surface area contributed by atoms with E-state index in [4.69, 9.17) is 0 Å². The van der Waals surface area contributed by atoms with E-state index in [1.165, 1.54) is 0 Å². The summed E-state index contributed by atoms with van der Waals surface area (Å²) in [5.41, 5.74) is 0. The van der Waals surface area contributed by atoms with E-state index >= 15 is 0 Å². The molecule has 0 fully saturated rings. The maximum Gasteiger partial charge on any atom is 0.226 e. The Bertz CT molecular complexity index is 206. The summed E-state index contributed by atoms with van der Waals surface area (Å²) >= 11 is 0. The van der Waals surface area contributed by atoms with Gasteiger partial charge >= 0.3 is 0 Å². The van der Waals surface area contributed by atoms with E-state index in [1.807, 2.05) is 0 Å². The first kappa shape index (κ1) is 16.8. The molecule has 98 valence electrons. The predicted molar refractivity (Wildman–Crippen MR) is 89.2 cm³/mol. The Labute approximate surface area is 109 Å². The fourth-order valence-corrected chi connectivity index (χ4v) is 48.1. The summed E-state index contributed by atoms with van der Waals surface area (Å²) in [5.74, 6) is 0. The van der Waals surface area contributed by atoms with Gasteiger partial charge in [-0.25, -0.2) is 0 Å². The summed E-state index contributed by atoms with van der Waals surface area (Å²) in [7, 11) is -4.12. The van der Waals surface area contributed by atoms with Gasteiger partial charge in [0.1, 0.15) is 0 Å². The maximum absolute atomic E-state index is 2.62. The van der Waals surface area contributed by atoms with Gasteiger partial charge in [-0.3, -0.25) is 0 Å². The van der Waals surface area contributed by atoms with Crippen LogP contribution in [-0.2, 0) is 0 Å². The third kappa shape index (κ3) is 2.48. The van der Waals surface area contributed by atoms with Gasteiger partial charge in [0.15, 0.2) is 0 Å². The van der Waals surface area contributed by atoms with E-state index in [2.05, 4.69) is 72.0 Å². The molecule has 0 heterocycles. The number of hydrogen-bond acceptors (Lipinski definition) is 0. The minimum Gasteiger partial charge on any atom is -0.576 e. The van der Waals surface area contributed by atoms with E-state index in [1.54, 1.807) is 3.15 Å². The quantitative estimate of drug-likeness (QED) is 0.678. The molecule has 0 amide bonds. The fourth-order valence-electron chi connectivity index (χ4n) is 5.34. The molecule has 5 heteroatoms. The van der Waals surface area contributed by atoms with Gasteiger partial charge in [-0.1, -0.05) is 0 Å². The predicted octanol–water partition coefficient (Wildman–Crippen LogP) is 4.29. The Morgan fingerprint density at radius 1 is 0.562 bits per heavy atom. The second-order valence-electron chi connectivity index (χ2n) is 8.33. The second kappa shape index (κ2) is 4.49. The molecule has 0 aliphatic heterocycles. The number of quaternary nitrogens is 1.